The molecule has 186 valence electrons. The van der Waals surface area contributed by atoms with Gasteiger partial charge >= 0.3 is 0 Å². The first kappa shape index (κ1) is 24.5. The molecule has 0 saturated carbocycles. The van der Waals surface area contributed by atoms with Gasteiger partial charge in [0.2, 0.25) is 0 Å². The molecule has 0 atom stereocenters. The van der Waals surface area contributed by atoms with Crippen LogP contribution in [0.3, 0.4) is 0 Å². The van der Waals surface area contributed by atoms with E-state index >= 15 is 0 Å². The van der Waals surface area contributed by atoms with Gasteiger partial charge < -0.3 is 4.98 Å². The van der Waals surface area contributed by atoms with E-state index in [1.54, 1.807) is 6.21 Å². The van der Waals surface area contributed by atoms with Gasteiger partial charge in [0.25, 0.3) is 5.91 Å². The number of hydrogen-bond acceptors (Lipinski definition) is 5. The van der Waals surface area contributed by atoms with Crippen LogP contribution >= 0.6 is 11.8 Å². The second-order valence-corrected chi connectivity index (χ2v) is 10.6. The summed E-state index contributed by atoms with van der Waals surface area (Å²) in [4.78, 5) is 15.7. The van der Waals surface area contributed by atoms with Gasteiger partial charge in [-0.2, -0.15) is 5.10 Å². The van der Waals surface area contributed by atoms with Crippen LogP contribution in [0.5, 0.6) is 0 Å². The number of benzene rings is 3. The van der Waals surface area contributed by atoms with Crippen molar-refractivity contribution in [2.24, 2.45) is 5.10 Å². The quantitative estimate of drug-likeness (QED) is 0.161. The molecule has 0 aliphatic rings. The van der Waals surface area contributed by atoms with E-state index in [0.29, 0.717) is 5.16 Å². The largest absolute Gasteiger partial charge is 0.361 e. The lowest BCUT2D eigenvalue weighted by atomic mass is 9.87. The Morgan fingerprint density at radius 3 is 2.49 bits per heavy atom. The Morgan fingerprint density at radius 1 is 1.00 bits per heavy atom. The zero-order valence-electron chi connectivity index (χ0n) is 21.0. The molecule has 1 amide bonds. The van der Waals surface area contributed by atoms with Crippen LogP contribution in [-0.4, -0.2) is 37.6 Å². The van der Waals surface area contributed by atoms with Gasteiger partial charge in [-0.25, -0.2) is 5.43 Å². The van der Waals surface area contributed by atoms with Crippen molar-refractivity contribution in [3.63, 3.8) is 0 Å². The average molecular weight is 509 g/mol. The molecule has 5 rings (SSSR count). The molecule has 0 saturated heterocycles. The molecule has 2 heterocycles. The predicted molar refractivity (Wildman–Crippen MR) is 150 cm³/mol. The maximum atomic E-state index is 12.6. The lowest BCUT2D eigenvalue weighted by molar-refractivity contribution is -0.118. The number of carbonyl (C=O) groups excluding carboxylic acids is 1. The molecule has 0 aliphatic carbocycles. The van der Waals surface area contributed by atoms with Crippen LogP contribution in [-0.2, 0) is 10.2 Å². The molecule has 8 heteroatoms. The Morgan fingerprint density at radius 2 is 1.73 bits per heavy atom. The fraction of sp³-hybridized carbons (Fsp3) is 0.172. The maximum absolute atomic E-state index is 12.6. The first-order chi connectivity index (χ1) is 17.9. The third-order valence-electron chi connectivity index (χ3n) is 6.00. The molecular weight excluding hydrogens is 480 g/mol. The highest BCUT2D eigenvalue weighted by Gasteiger charge is 2.19. The number of hydrogen-bond donors (Lipinski definition) is 2. The van der Waals surface area contributed by atoms with Gasteiger partial charge in [0, 0.05) is 33.9 Å². The number of amides is 1. The van der Waals surface area contributed by atoms with E-state index in [1.165, 1.54) is 17.3 Å². The van der Waals surface area contributed by atoms with Crippen molar-refractivity contribution < 1.29 is 4.79 Å². The number of hydrazone groups is 1. The number of fused-ring (bicyclic) bond motifs is 1. The number of nitrogens with one attached hydrogen (secondary N) is 2. The molecule has 0 spiro atoms. The molecule has 7 nitrogen and oxygen atoms in total. The highest BCUT2D eigenvalue weighted by molar-refractivity contribution is 7.99. The molecule has 0 fully saturated rings. The van der Waals surface area contributed by atoms with Crippen LogP contribution in [0.1, 0.15) is 31.9 Å². The lowest BCUT2D eigenvalue weighted by Gasteiger charge is -2.19. The fourth-order valence-electron chi connectivity index (χ4n) is 4.02. The Labute approximate surface area is 220 Å². The lowest BCUT2D eigenvalue weighted by Crippen LogP contribution is -2.20. The standard InChI is InChI=1S/C29H28N6OS/c1-29(2,3)22-15-13-20(14-16-22)27-33-34-28(35(27)23-9-5-4-6-10-23)37-19-26(36)32-31-18-21-17-30-25-12-8-7-11-24(21)25/h4-18,30H,19H2,1-3H3,(H,32,36). The molecule has 0 bridgehead atoms. The summed E-state index contributed by atoms with van der Waals surface area (Å²) in [6, 6.07) is 26.3. The first-order valence-electron chi connectivity index (χ1n) is 12.0. The van der Waals surface area contributed by atoms with Gasteiger partial charge in [-0.05, 0) is 29.2 Å². The molecular formula is C29H28N6OS. The minimum atomic E-state index is -0.222. The highest BCUT2D eigenvalue weighted by Crippen LogP contribution is 2.30. The molecule has 3 aromatic carbocycles. The zero-order chi connectivity index (χ0) is 25.8. The van der Waals surface area contributed by atoms with Gasteiger partial charge in [0.15, 0.2) is 11.0 Å². The Kier molecular flexibility index (Phi) is 6.92. The van der Waals surface area contributed by atoms with E-state index in [4.69, 9.17) is 0 Å². The summed E-state index contributed by atoms with van der Waals surface area (Å²) in [7, 11) is 0. The summed E-state index contributed by atoms with van der Waals surface area (Å²) in [5, 5.41) is 14.7. The smallest absolute Gasteiger partial charge is 0.250 e. The third kappa shape index (κ3) is 5.49. The van der Waals surface area contributed by atoms with E-state index in [1.807, 2.05) is 65.4 Å². The van der Waals surface area contributed by atoms with Crippen molar-refractivity contribution in [2.45, 2.75) is 31.3 Å². The summed E-state index contributed by atoms with van der Waals surface area (Å²) in [6.07, 6.45) is 3.51. The third-order valence-corrected chi connectivity index (χ3v) is 6.93. The fourth-order valence-corrected chi connectivity index (χ4v) is 4.76. The van der Waals surface area contributed by atoms with Gasteiger partial charge in [0.05, 0.1) is 12.0 Å². The number of aromatic nitrogens is 4. The van der Waals surface area contributed by atoms with E-state index in [0.717, 1.165) is 33.5 Å². The zero-order valence-corrected chi connectivity index (χ0v) is 21.8. The second kappa shape index (κ2) is 10.4. The maximum Gasteiger partial charge on any atom is 0.250 e. The number of H-pyrrole nitrogens is 1. The monoisotopic (exact) mass is 508 g/mol. The van der Waals surface area contributed by atoms with E-state index in [9.17, 15) is 4.79 Å². The van der Waals surface area contributed by atoms with Crippen molar-refractivity contribution in [3.8, 4) is 17.1 Å². The van der Waals surface area contributed by atoms with Gasteiger partial charge in [-0.1, -0.05) is 93.2 Å². The van der Waals surface area contributed by atoms with Crippen LogP contribution < -0.4 is 5.43 Å². The van der Waals surface area contributed by atoms with Crippen LogP contribution in [0.15, 0.2) is 95.3 Å². The number of nitrogens with zero attached hydrogens (tertiary/aromatic N) is 4. The Balaban J connectivity index is 1.32. The summed E-state index contributed by atoms with van der Waals surface area (Å²) in [5.74, 6) is 0.658. The SMILES string of the molecule is CC(C)(C)c1ccc(-c2nnc(SCC(=O)NN=Cc3c[nH]c4ccccc34)n2-c2ccccc2)cc1. The number of aromatic amines is 1. The van der Waals surface area contributed by atoms with Crippen LogP contribution in [0.25, 0.3) is 28.0 Å². The summed E-state index contributed by atoms with van der Waals surface area (Å²) >= 11 is 1.32. The summed E-state index contributed by atoms with van der Waals surface area (Å²) in [5.41, 5.74) is 7.76. The number of thioether (sulfide) groups is 1. The van der Waals surface area contributed by atoms with Gasteiger partial charge in [0.1, 0.15) is 0 Å². The Hall–Kier alpha value is -4.17. The number of rotatable bonds is 7. The van der Waals surface area contributed by atoms with E-state index < -0.39 is 0 Å². The summed E-state index contributed by atoms with van der Waals surface area (Å²) in [6.45, 7) is 6.58. The molecule has 5 aromatic rings. The van der Waals surface area contributed by atoms with Crippen LogP contribution in [0.4, 0.5) is 0 Å². The summed E-state index contributed by atoms with van der Waals surface area (Å²) < 4.78 is 1.99. The van der Waals surface area contributed by atoms with Crippen molar-refractivity contribution in [1.82, 2.24) is 25.2 Å². The molecule has 0 radical (unpaired) electrons. The molecule has 37 heavy (non-hydrogen) atoms. The van der Waals surface area contributed by atoms with Gasteiger partial charge in [-0.3, -0.25) is 9.36 Å². The van der Waals surface area contributed by atoms with Crippen LogP contribution in [0, 0.1) is 0 Å². The minimum absolute atomic E-state index is 0.0662. The van der Waals surface area contributed by atoms with Crippen molar-refractivity contribution >= 4 is 34.8 Å². The first-order valence-corrected chi connectivity index (χ1v) is 13.0. The number of para-hydroxylation sites is 2. The van der Waals surface area contributed by atoms with Gasteiger partial charge in [-0.15, -0.1) is 10.2 Å². The van der Waals surface area contributed by atoms with Crippen molar-refractivity contribution in [3.05, 3.63) is 96.2 Å². The van der Waals surface area contributed by atoms with Crippen molar-refractivity contribution in [1.29, 1.82) is 0 Å². The van der Waals surface area contributed by atoms with E-state index in [-0.39, 0.29) is 17.1 Å². The average Bonchev–Trinajstić information content (AvgIpc) is 3.52. The highest BCUT2D eigenvalue weighted by atomic mass is 32.2. The molecule has 2 N–H and O–H groups in total. The topological polar surface area (TPSA) is 88.0 Å². The normalized spacial score (nSPS) is 11.9. The minimum Gasteiger partial charge on any atom is -0.361 e. The molecule has 0 aliphatic heterocycles. The second-order valence-electron chi connectivity index (χ2n) is 9.68. The molecule has 2 aromatic heterocycles. The van der Waals surface area contributed by atoms with Crippen molar-refractivity contribution in [2.75, 3.05) is 5.75 Å². The number of carbonyl (C=O) groups is 1. The molecule has 0 unspecified atom stereocenters. The predicted octanol–water partition coefficient (Wildman–Crippen LogP) is 5.96. The Bertz CT molecular complexity index is 1550. The van der Waals surface area contributed by atoms with Crippen LogP contribution in [0.2, 0.25) is 0 Å². The van der Waals surface area contributed by atoms with E-state index in [2.05, 4.69) is 70.7 Å².